The Morgan fingerprint density at radius 1 is 1.12 bits per heavy atom. The van der Waals surface area contributed by atoms with Crippen molar-refractivity contribution >= 4 is 46.3 Å². The van der Waals surface area contributed by atoms with Gasteiger partial charge in [-0.1, -0.05) is 78.6 Å². The second-order valence-corrected chi connectivity index (χ2v) is 6.80. The van der Waals surface area contributed by atoms with Gasteiger partial charge in [-0.25, -0.2) is 0 Å². The zero-order valence-corrected chi connectivity index (χ0v) is 14.1. The normalized spacial score (nSPS) is 16.0. The lowest BCUT2D eigenvalue weighted by Gasteiger charge is -2.14. The van der Waals surface area contributed by atoms with Crippen LogP contribution in [0.25, 0.3) is 6.08 Å². The molecule has 0 saturated carbocycles. The second kappa shape index (κ2) is 6.98. The van der Waals surface area contributed by atoms with E-state index in [9.17, 15) is 14.7 Å². The van der Waals surface area contributed by atoms with E-state index in [4.69, 9.17) is 12.2 Å². The molecule has 0 N–H and O–H groups in total. The number of thiocarbonyl (C=S) groups is 1. The summed E-state index contributed by atoms with van der Waals surface area (Å²) >= 11 is 6.46. The average Bonchev–Trinajstić information content (AvgIpc) is 2.84. The topological polar surface area (TPSA) is 60.4 Å². The molecule has 6 heteroatoms. The van der Waals surface area contributed by atoms with Crippen LogP contribution in [0.4, 0.5) is 0 Å². The standard InChI is InChI=1S/C18H13NO3S2/c20-16-15(10-13-8-4-5-9-14(13)17(21)22)24-18(23)19(16)11-12-6-2-1-3-7-12/h1-10H,11H2,(H,21,22)/p-1/b15-10-. The molecular formula is C18H12NO3S2-. The van der Waals surface area contributed by atoms with Crippen LogP contribution in [0.5, 0.6) is 0 Å². The molecular weight excluding hydrogens is 342 g/mol. The smallest absolute Gasteiger partial charge is 0.266 e. The average molecular weight is 354 g/mol. The molecule has 2 aromatic rings. The molecule has 120 valence electrons. The van der Waals surface area contributed by atoms with Crippen molar-refractivity contribution < 1.29 is 14.7 Å². The monoisotopic (exact) mass is 354 g/mol. The predicted octanol–water partition coefficient (Wildman–Crippen LogP) is 2.45. The van der Waals surface area contributed by atoms with E-state index in [1.54, 1.807) is 24.3 Å². The fraction of sp³-hybridized carbons (Fsp3) is 0.0556. The highest BCUT2D eigenvalue weighted by molar-refractivity contribution is 8.26. The number of carbonyl (C=O) groups is 2. The summed E-state index contributed by atoms with van der Waals surface area (Å²) in [5, 5.41) is 11.2. The highest BCUT2D eigenvalue weighted by Gasteiger charge is 2.32. The van der Waals surface area contributed by atoms with Gasteiger partial charge >= 0.3 is 0 Å². The van der Waals surface area contributed by atoms with Crippen molar-refractivity contribution in [3.8, 4) is 0 Å². The van der Waals surface area contributed by atoms with Crippen LogP contribution in [-0.2, 0) is 11.3 Å². The molecule has 0 radical (unpaired) electrons. The lowest BCUT2D eigenvalue weighted by molar-refractivity contribution is -0.255. The molecule has 3 rings (SSSR count). The zero-order valence-electron chi connectivity index (χ0n) is 12.5. The maximum absolute atomic E-state index is 12.6. The molecule has 1 heterocycles. The molecule has 1 aliphatic heterocycles. The lowest BCUT2D eigenvalue weighted by atomic mass is 10.1. The first-order valence-electron chi connectivity index (χ1n) is 7.16. The molecule has 2 aromatic carbocycles. The molecule has 1 fully saturated rings. The highest BCUT2D eigenvalue weighted by atomic mass is 32.2. The Balaban J connectivity index is 1.88. The Hall–Kier alpha value is -2.44. The number of carboxylic acids is 1. The first-order chi connectivity index (χ1) is 11.6. The number of rotatable bonds is 4. The van der Waals surface area contributed by atoms with E-state index in [1.165, 1.54) is 22.7 Å². The number of amides is 1. The molecule has 0 aromatic heterocycles. The summed E-state index contributed by atoms with van der Waals surface area (Å²) in [6, 6.07) is 16.0. The van der Waals surface area contributed by atoms with E-state index in [2.05, 4.69) is 0 Å². The largest absolute Gasteiger partial charge is 0.545 e. The Morgan fingerprint density at radius 3 is 2.50 bits per heavy atom. The van der Waals surface area contributed by atoms with E-state index in [-0.39, 0.29) is 11.5 Å². The molecule has 24 heavy (non-hydrogen) atoms. The van der Waals surface area contributed by atoms with Crippen LogP contribution in [0, 0.1) is 0 Å². The minimum Gasteiger partial charge on any atom is -0.545 e. The number of carboxylic acid groups (broad SMARTS) is 1. The highest BCUT2D eigenvalue weighted by Crippen LogP contribution is 2.34. The molecule has 0 aliphatic carbocycles. The summed E-state index contributed by atoms with van der Waals surface area (Å²) in [6.45, 7) is 0.394. The summed E-state index contributed by atoms with van der Waals surface area (Å²) in [5.41, 5.74) is 1.45. The van der Waals surface area contributed by atoms with Crippen molar-refractivity contribution in [2.45, 2.75) is 6.54 Å². The number of carbonyl (C=O) groups excluding carboxylic acids is 2. The lowest BCUT2D eigenvalue weighted by Crippen LogP contribution is -2.27. The van der Waals surface area contributed by atoms with Crippen LogP contribution in [0.3, 0.4) is 0 Å². The van der Waals surface area contributed by atoms with Crippen molar-refractivity contribution in [1.82, 2.24) is 4.90 Å². The summed E-state index contributed by atoms with van der Waals surface area (Å²) in [7, 11) is 0. The number of benzene rings is 2. The van der Waals surface area contributed by atoms with E-state index < -0.39 is 5.97 Å². The Labute approximate surface area is 148 Å². The Kier molecular flexibility index (Phi) is 4.78. The number of thioether (sulfide) groups is 1. The first kappa shape index (κ1) is 16.4. The molecule has 0 spiro atoms. The summed E-state index contributed by atoms with van der Waals surface area (Å²) in [5.74, 6) is -1.50. The van der Waals surface area contributed by atoms with Crippen molar-refractivity contribution in [2.75, 3.05) is 0 Å². The van der Waals surface area contributed by atoms with E-state index >= 15 is 0 Å². The van der Waals surface area contributed by atoms with Crippen LogP contribution >= 0.6 is 24.0 Å². The van der Waals surface area contributed by atoms with E-state index in [0.717, 1.165) is 5.56 Å². The van der Waals surface area contributed by atoms with E-state index in [0.29, 0.717) is 21.3 Å². The third-order valence-corrected chi connectivity index (χ3v) is 4.90. The van der Waals surface area contributed by atoms with Crippen molar-refractivity contribution in [2.24, 2.45) is 0 Å². The SMILES string of the molecule is O=C([O-])c1ccccc1/C=C1\SC(=S)N(Cc2ccccc2)C1=O. The minimum atomic E-state index is -1.28. The van der Waals surface area contributed by atoms with Crippen LogP contribution < -0.4 is 5.11 Å². The van der Waals surface area contributed by atoms with Crippen molar-refractivity contribution in [3.63, 3.8) is 0 Å². The minimum absolute atomic E-state index is 0.0471. The number of aromatic carboxylic acids is 1. The maximum Gasteiger partial charge on any atom is 0.266 e. The van der Waals surface area contributed by atoms with Gasteiger partial charge in [-0.3, -0.25) is 9.69 Å². The van der Waals surface area contributed by atoms with Gasteiger partial charge in [0.05, 0.1) is 17.4 Å². The van der Waals surface area contributed by atoms with Gasteiger partial charge < -0.3 is 9.90 Å². The zero-order chi connectivity index (χ0) is 17.1. The van der Waals surface area contributed by atoms with Gasteiger partial charge in [0.1, 0.15) is 4.32 Å². The van der Waals surface area contributed by atoms with Gasteiger partial charge in [-0.05, 0) is 17.2 Å². The van der Waals surface area contributed by atoms with Crippen LogP contribution in [0.2, 0.25) is 0 Å². The summed E-state index contributed by atoms with van der Waals surface area (Å²) < 4.78 is 0.459. The molecule has 1 aliphatic rings. The molecule has 0 atom stereocenters. The van der Waals surface area contributed by atoms with Crippen LogP contribution in [0.15, 0.2) is 59.5 Å². The third kappa shape index (κ3) is 3.39. The maximum atomic E-state index is 12.6. The van der Waals surface area contributed by atoms with E-state index in [1.807, 2.05) is 30.3 Å². The van der Waals surface area contributed by atoms with Gasteiger partial charge in [-0.15, -0.1) is 0 Å². The Bertz CT molecular complexity index is 846. The molecule has 1 saturated heterocycles. The van der Waals surface area contributed by atoms with Gasteiger partial charge in [0.2, 0.25) is 0 Å². The summed E-state index contributed by atoms with van der Waals surface area (Å²) in [6.07, 6.45) is 1.55. The molecule has 0 bridgehead atoms. The van der Waals surface area contributed by atoms with Gasteiger partial charge in [0.25, 0.3) is 5.91 Å². The molecule has 1 amide bonds. The van der Waals surface area contributed by atoms with Crippen molar-refractivity contribution in [3.05, 3.63) is 76.2 Å². The number of hydrogen-bond acceptors (Lipinski definition) is 5. The fourth-order valence-corrected chi connectivity index (χ4v) is 3.60. The Morgan fingerprint density at radius 2 is 1.79 bits per heavy atom. The number of hydrogen-bond donors (Lipinski definition) is 0. The fourth-order valence-electron chi connectivity index (χ4n) is 2.35. The van der Waals surface area contributed by atoms with Gasteiger partial charge in [0.15, 0.2) is 0 Å². The van der Waals surface area contributed by atoms with Crippen LogP contribution in [-0.4, -0.2) is 21.1 Å². The van der Waals surface area contributed by atoms with Crippen LogP contribution in [0.1, 0.15) is 21.5 Å². The molecule has 0 unspecified atom stereocenters. The predicted molar refractivity (Wildman–Crippen MR) is 95.9 cm³/mol. The third-order valence-electron chi connectivity index (χ3n) is 3.52. The van der Waals surface area contributed by atoms with Gasteiger partial charge in [0, 0.05) is 5.56 Å². The van der Waals surface area contributed by atoms with Crippen molar-refractivity contribution in [1.29, 1.82) is 0 Å². The van der Waals surface area contributed by atoms with Gasteiger partial charge in [-0.2, -0.15) is 0 Å². The second-order valence-electron chi connectivity index (χ2n) is 5.13. The quantitative estimate of drug-likeness (QED) is 0.623. The number of nitrogens with zero attached hydrogens (tertiary/aromatic N) is 1. The first-order valence-corrected chi connectivity index (χ1v) is 8.38. The molecule has 4 nitrogen and oxygen atoms in total. The summed E-state index contributed by atoms with van der Waals surface area (Å²) in [4.78, 5) is 25.7.